The van der Waals surface area contributed by atoms with Crippen LogP contribution < -0.4 is 18.9 Å². The van der Waals surface area contributed by atoms with Crippen LogP contribution in [0.4, 0.5) is 0 Å². The summed E-state index contributed by atoms with van der Waals surface area (Å²) in [5.74, 6) is 0. The van der Waals surface area contributed by atoms with Gasteiger partial charge in [0.05, 0.1) is 4.90 Å². The maximum atomic E-state index is 10.8. The van der Waals surface area contributed by atoms with Crippen LogP contribution in [-0.2, 0) is 10.1 Å². The molecule has 0 amide bonds. The summed E-state index contributed by atoms with van der Waals surface area (Å²) in [5.41, 5.74) is 4.20. The van der Waals surface area contributed by atoms with Crippen LogP contribution in [-0.4, -0.2) is 13.0 Å². The van der Waals surface area contributed by atoms with Gasteiger partial charge >= 0.3 is 18.9 Å². The first-order valence-corrected chi connectivity index (χ1v) is 6.92. The quantitative estimate of drug-likeness (QED) is 0.563. The second-order valence-electron chi connectivity index (χ2n) is 4.30. The predicted octanol–water partition coefficient (Wildman–Crippen LogP) is -0.121. The molecule has 19 heavy (non-hydrogen) atoms. The summed E-state index contributed by atoms with van der Waals surface area (Å²) in [6, 6.07) is 12.1. The first-order valence-electron chi connectivity index (χ1n) is 5.51. The van der Waals surface area contributed by atoms with Gasteiger partial charge in [0, 0.05) is 0 Å². The van der Waals surface area contributed by atoms with Gasteiger partial charge in [-0.3, -0.25) is 0 Å². The van der Waals surface area contributed by atoms with Gasteiger partial charge in [0.1, 0.15) is 10.1 Å². The van der Waals surface area contributed by atoms with Crippen LogP contribution in [0.5, 0.6) is 0 Å². The molecule has 0 N–H and O–H groups in total. The van der Waals surface area contributed by atoms with Crippen molar-refractivity contribution in [3.8, 4) is 11.1 Å². The van der Waals surface area contributed by atoms with Crippen LogP contribution in [0.15, 0.2) is 47.4 Å². The molecule has 0 unspecified atom stereocenters. The van der Waals surface area contributed by atoms with E-state index in [4.69, 9.17) is 0 Å². The third-order valence-electron chi connectivity index (χ3n) is 2.85. The van der Waals surface area contributed by atoms with Crippen LogP contribution >= 0.6 is 0 Å². The number of hydrogen-bond acceptors (Lipinski definition) is 3. The molecule has 2 aromatic rings. The fraction of sp³-hybridized carbons (Fsp3) is 0.143. The van der Waals surface area contributed by atoms with E-state index in [1.54, 1.807) is 12.1 Å². The molecule has 0 atom stereocenters. The largest absolute Gasteiger partial charge is 1.00 e. The molecule has 0 fully saturated rings. The molecule has 0 saturated carbocycles. The zero-order chi connectivity index (χ0) is 13.3. The fourth-order valence-electron chi connectivity index (χ4n) is 1.85. The molecule has 0 saturated heterocycles. The van der Waals surface area contributed by atoms with E-state index >= 15 is 0 Å². The van der Waals surface area contributed by atoms with Gasteiger partial charge in [0.2, 0.25) is 0 Å². The van der Waals surface area contributed by atoms with Gasteiger partial charge in [0.15, 0.2) is 0 Å². The van der Waals surface area contributed by atoms with E-state index < -0.39 is 10.1 Å². The Labute approximate surface area is 125 Å². The van der Waals surface area contributed by atoms with Crippen molar-refractivity contribution in [3.05, 3.63) is 53.6 Å². The van der Waals surface area contributed by atoms with E-state index in [1.165, 1.54) is 12.1 Å². The van der Waals surface area contributed by atoms with Gasteiger partial charge in [-0.05, 0) is 42.7 Å². The zero-order valence-corrected chi connectivity index (χ0v) is 12.0. The summed E-state index contributed by atoms with van der Waals surface area (Å²) in [7, 11) is -4.37. The van der Waals surface area contributed by atoms with E-state index in [0.29, 0.717) is 0 Å². The second-order valence-corrected chi connectivity index (χ2v) is 5.68. The van der Waals surface area contributed by atoms with Gasteiger partial charge in [-0.15, -0.1) is 0 Å². The Bertz CT molecular complexity index is 676. The minimum atomic E-state index is -4.37. The normalized spacial score (nSPS) is 10.9. The third kappa shape index (κ3) is 3.71. The van der Waals surface area contributed by atoms with Crippen molar-refractivity contribution in [1.82, 2.24) is 0 Å². The van der Waals surface area contributed by atoms with Crippen molar-refractivity contribution >= 4 is 10.1 Å². The molecule has 0 aliphatic carbocycles. The molecule has 0 heterocycles. The summed E-state index contributed by atoms with van der Waals surface area (Å²) in [6.07, 6.45) is 0. The van der Waals surface area contributed by atoms with Crippen molar-refractivity contribution in [1.29, 1.82) is 0 Å². The minimum Gasteiger partial charge on any atom is -0.744 e. The van der Waals surface area contributed by atoms with Crippen molar-refractivity contribution in [2.24, 2.45) is 0 Å². The fourth-order valence-corrected chi connectivity index (χ4v) is 2.32. The van der Waals surface area contributed by atoms with Crippen LogP contribution in [0, 0.1) is 13.8 Å². The van der Waals surface area contributed by atoms with Crippen molar-refractivity contribution in [2.75, 3.05) is 0 Å². The first kappa shape index (κ1) is 16.0. The smallest absolute Gasteiger partial charge is 0.744 e. The molecule has 0 bridgehead atoms. The van der Waals surface area contributed by atoms with Gasteiger partial charge in [-0.25, -0.2) is 8.42 Å². The minimum absolute atomic E-state index is 0. The molecule has 0 aromatic heterocycles. The molecule has 0 spiro atoms. The van der Waals surface area contributed by atoms with E-state index in [9.17, 15) is 13.0 Å². The molecule has 0 aliphatic heterocycles. The van der Waals surface area contributed by atoms with Gasteiger partial charge in [-0.2, -0.15) is 0 Å². The van der Waals surface area contributed by atoms with Crippen LogP contribution in [0.1, 0.15) is 11.1 Å². The zero-order valence-electron chi connectivity index (χ0n) is 11.2. The Kier molecular flexibility index (Phi) is 5.00. The predicted molar refractivity (Wildman–Crippen MR) is 69.3 cm³/mol. The SMILES string of the molecule is Cc1ccc(C)c(-c2ccc(S(=O)(=O)[O-])cc2)c1.[Li+]. The number of rotatable bonds is 2. The molecular formula is C14H13LiO3S. The van der Waals surface area contributed by atoms with E-state index in [0.717, 1.165) is 22.3 Å². The molecule has 0 radical (unpaired) electrons. The molecule has 2 aromatic carbocycles. The number of hydrogen-bond donors (Lipinski definition) is 0. The maximum absolute atomic E-state index is 10.8. The van der Waals surface area contributed by atoms with Gasteiger partial charge in [-0.1, -0.05) is 35.9 Å². The molecule has 0 aliphatic rings. The van der Waals surface area contributed by atoms with Crippen LogP contribution in [0.3, 0.4) is 0 Å². The summed E-state index contributed by atoms with van der Waals surface area (Å²) < 4.78 is 32.5. The Hall–Kier alpha value is -1.05. The van der Waals surface area contributed by atoms with Crippen LogP contribution in [0.25, 0.3) is 11.1 Å². The summed E-state index contributed by atoms with van der Waals surface area (Å²) >= 11 is 0. The number of aryl methyl sites for hydroxylation is 2. The van der Waals surface area contributed by atoms with E-state index in [-0.39, 0.29) is 23.8 Å². The molecule has 5 heteroatoms. The first-order chi connectivity index (χ1) is 8.38. The monoisotopic (exact) mass is 268 g/mol. The molecule has 94 valence electrons. The standard InChI is InChI=1S/C14H14O3S.Li/c1-10-3-4-11(2)14(9-10)12-5-7-13(8-6-12)18(15,16)17;/h3-9H,1-2H3,(H,15,16,17);/q;+1/p-1. The molecular weight excluding hydrogens is 255 g/mol. The molecule has 2 rings (SSSR count). The van der Waals surface area contributed by atoms with Crippen molar-refractivity contribution < 1.29 is 31.8 Å². The summed E-state index contributed by atoms with van der Waals surface area (Å²) in [4.78, 5) is -0.198. The Morgan fingerprint density at radius 2 is 1.53 bits per heavy atom. The van der Waals surface area contributed by atoms with Crippen LogP contribution in [0.2, 0.25) is 0 Å². The Morgan fingerprint density at radius 3 is 2.05 bits per heavy atom. The van der Waals surface area contributed by atoms with Crippen molar-refractivity contribution in [3.63, 3.8) is 0 Å². The average Bonchev–Trinajstić information content (AvgIpc) is 2.31. The van der Waals surface area contributed by atoms with Crippen molar-refractivity contribution in [2.45, 2.75) is 18.7 Å². The summed E-state index contributed by atoms with van der Waals surface area (Å²) in [6.45, 7) is 3.99. The Balaban J connectivity index is 0.00000180. The van der Waals surface area contributed by atoms with Gasteiger partial charge in [0.25, 0.3) is 0 Å². The van der Waals surface area contributed by atoms with E-state index in [2.05, 4.69) is 0 Å². The summed E-state index contributed by atoms with van der Waals surface area (Å²) in [5, 5.41) is 0. The third-order valence-corrected chi connectivity index (χ3v) is 3.70. The average molecular weight is 268 g/mol. The number of benzene rings is 2. The van der Waals surface area contributed by atoms with E-state index in [1.807, 2.05) is 32.0 Å². The maximum Gasteiger partial charge on any atom is 1.00 e. The second kappa shape index (κ2) is 5.94. The topological polar surface area (TPSA) is 57.2 Å². The Morgan fingerprint density at radius 1 is 0.947 bits per heavy atom. The molecule has 3 nitrogen and oxygen atoms in total. The van der Waals surface area contributed by atoms with Gasteiger partial charge < -0.3 is 4.55 Å².